The SMILES string of the molecule is CC#CCCC(NCCC)c1cncc(C)c1. The van der Waals surface area contributed by atoms with Crippen LogP contribution >= 0.6 is 0 Å². The highest BCUT2D eigenvalue weighted by molar-refractivity contribution is 5.20. The Kier molecular flexibility index (Phi) is 6.35. The van der Waals surface area contributed by atoms with Gasteiger partial charge in [0, 0.05) is 24.9 Å². The van der Waals surface area contributed by atoms with Gasteiger partial charge >= 0.3 is 0 Å². The zero-order valence-corrected chi connectivity index (χ0v) is 11.1. The zero-order valence-electron chi connectivity index (χ0n) is 11.1. The molecule has 92 valence electrons. The molecule has 2 nitrogen and oxygen atoms in total. The lowest BCUT2D eigenvalue weighted by atomic mass is 10.0. The average molecular weight is 230 g/mol. The smallest absolute Gasteiger partial charge is 0.0344 e. The molecule has 0 aliphatic heterocycles. The minimum atomic E-state index is 0.378. The molecule has 0 radical (unpaired) electrons. The molecule has 0 spiro atoms. The van der Waals surface area contributed by atoms with Crippen LogP contribution in [0.15, 0.2) is 18.5 Å². The van der Waals surface area contributed by atoms with Crippen molar-refractivity contribution in [1.29, 1.82) is 0 Å². The van der Waals surface area contributed by atoms with Crippen molar-refractivity contribution < 1.29 is 0 Å². The number of pyridine rings is 1. The number of hydrogen-bond acceptors (Lipinski definition) is 2. The van der Waals surface area contributed by atoms with Gasteiger partial charge in [0.1, 0.15) is 0 Å². The van der Waals surface area contributed by atoms with Crippen molar-refractivity contribution >= 4 is 0 Å². The minimum absolute atomic E-state index is 0.378. The second kappa shape index (κ2) is 7.86. The van der Waals surface area contributed by atoms with Crippen LogP contribution in [-0.2, 0) is 0 Å². The third-order valence-corrected chi connectivity index (χ3v) is 2.67. The summed E-state index contributed by atoms with van der Waals surface area (Å²) in [6.45, 7) is 7.20. The number of nitrogens with zero attached hydrogens (tertiary/aromatic N) is 1. The number of aromatic nitrogens is 1. The molecular weight excluding hydrogens is 208 g/mol. The number of hydrogen-bond donors (Lipinski definition) is 1. The van der Waals surface area contributed by atoms with Crippen LogP contribution in [0.3, 0.4) is 0 Å². The summed E-state index contributed by atoms with van der Waals surface area (Å²) in [5, 5.41) is 3.56. The average Bonchev–Trinajstić information content (AvgIpc) is 2.33. The molecule has 0 aliphatic rings. The van der Waals surface area contributed by atoms with Crippen LogP contribution in [0.1, 0.15) is 50.3 Å². The lowest BCUT2D eigenvalue weighted by Crippen LogP contribution is -2.22. The Labute approximate surface area is 105 Å². The maximum absolute atomic E-state index is 4.27. The summed E-state index contributed by atoms with van der Waals surface area (Å²) in [6.07, 6.45) is 6.99. The number of rotatable bonds is 6. The summed E-state index contributed by atoms with van der Waals surface area (Å²) in [4.78, 5) is 4.27. The molecule has 2 heteroatoms. The first kappa shape index (κ1) is 13.7. The van der Waals surface area contributed by atoms with E-state index in [-0.39, 0.29) is 0 Å². The Hall–Kier alpha value is -1.33. The second-order valence-corrected chi connectivity index (χ2v) is 4.27. The van der Waals surface area contributed by atoms with Gasteiger partial charge in [-0.25, -0.2) is 0 Å². The lowest BCUT2D eigenvalue weighted by Gasteiger charge is -2.18. The first-order chi connectivity index (χ1) is 8.27. The fourth-order valence-electron chi connectivity index (χ4n) is 1.82. The van der Waals surface area contributed by atoms with Gasteiger partial charge in [-0.3, -0.25) is 4.98 Å². The first-order valence-electron chi connectivity index (χ1n) is 6.32. The van der Waals surface area contributed by atoms with E-state index in [0.717, 1.165) is 25.8 Å². The largest absolute Gasteiger partial charge is 0.310 e. The van der Waals surface area contributed by atoms with E-state index in [0.29, 0.717) is 6.04 Å². The number of nitrogens with one attached hydrogen (secondary N) is 1. The summed E-state index contributed by atoms with van der Waals surface area (Å²) in [5.74, 6) is 6.08. The van der Waals surface area contributed by atoms with Gasteiger partial charge in [0.25, 0.3) is 0 Å². The minimum Gasteiger partial charge on any atom is -0.310 e. The Balaban J connectivity index is 2.69. The van der Waals surface area contributed by atoms with E-state index in [4.69, 9.17) is 0 Å². The third-order valence-electron chi connectivity index (χ3n) is 2.67. The molecule has 1 rings (SSSR count). The topological polar surface area (TPSA) is 24.9 Å². The van der Waals surface area contributed by atoms with Crippen LogP contribution in [0.25, 0.3) is 0 Å². The van der Waals surface area contributed by atoms with Gasteiger partial charge in [0.15, 0.2) is 0 Å². The van der Waals surface area contributed by atoms with Crippen LogP contribution in [-0.4, -0.2) is 11.5 Å². The Bertz CT molecular complexity index is 387. The van der Waals surface area contributed by atoms with E-state index in [9.17, 15) is 0 Å². The molecule has 1 aromatic heterocycles. The highest BCUT2D eigenvalue weighted by Crippen LogP contribution is 2.18. The molecule has 1 unspecified atom stereocenters. The Morgan fingerprint density at radius 1 is 1.41 bits per heavy atom. The highest BCUT2D eigenvalue weighted by Gasteiger charge is 2.10. The summed E-state index contributed by atoms with van der Waals surface area (Å²) in [7, 11) is 0. The first-order valence-corrected chi connectivity index (χ1v) is 6.32. The molecule has 0 bridgehead atoms. The molecule has 1 N–H and O–H groups in total. The summed E-state index contributed by atoms with van der Waals surface area (Å²) in [6, 6.07) is 2.59. The van der Waals surface area contributed by atoms with Gasteiger partial charge in [0.05, 0.1) is 0 Å². The standard InChI is InChI=1S/C15H22N2/c1-4-6-7-8-15(17-9-5-2)14-10-13(3)11-16-12-14/h10-12,15,17H,5,7-9H2,1-3H3. The van der Waals surface area contributed by atoms with E-state index in [1.807, 2.05) is 19.3 Å². The van der Waals surface area contributed by atoms with Crippen LogP contribution in [0.5, 0.6) is 0 Å². The van der Waals surface area contributed by atoms with Gasteiger partial charge < -0.3 is 5.32 Å². The maximum Gasteiger partial charge on any atom is 0.0344 e. The molecular formula is C15H22N2. The molecule has 0 aliphatic carbocycles. The number of aryl methyl sites for hydroxylation is 1. The van der Waals surface area contributed by atoms with Crippen molar-refractivity contribution in [2.45, 2.75) is 46.1 Å². The fourth-order valence-corrected chi connectivity index (χ4v) is 1.82. The van der Waals surface area contributed by atoms with Gasteiger partial charge in [-0.1, -0.05) is 13.0 Å². The van der Waals surface area contributed by atoms with E-state index < -0.39 is 0 Å². The monoisotopic (exact) mass is 230 g/mol. The van der Waals surface area contributed by atoms with Crippen molar-refractivity contribution in [1.82, 2.24) is 10.3 Å². The van der Waals surface area contributed by atoms with Gasteiger partial charge in [0.2, 0.25) is 0 Å². The summed E-state index contributed by atoms with van der Waals surface area (Å²) < 4.78 is 0. The molecule has 0 aromatic carbocycles. The normalized spacial score (nSPS) is 11.7. The van der Waals surface area contributed by atoms with Crippen molar-refractivity contribution in [3.63, 3.8) is 0 Å². The molecule has 1 atom stereocenters. The van der Waals surface area contributed by atoms with E-state index >= 15 is 0 Å². The van der Waals surface area contributed by atoms with Crippen molar-refractivity contribution in [3.05, 3.63) is 29.6 Å². The fraction of sp³-hybridized carbons (Fsp3) is 0.533. The molecule has 0 saturated carbocycles. The van der Waals surface area contributed by atoms with E-state index in [2.05, 4.69) is 42.1 Å². The van der Waals surface area contributed by atoms with Crippen molar-refractivity contribution in [2.24, 2.45) is 0 Å². The predicted molar refractivity (Wildman–Crippen MR) is 72.7 cm³/mol. The van der Waals surface area contributed by atoms with E-state index in [1.165, 1.54) is 11.1 Å². The van der Waals surface area contributed by atoms with Gasteiger partial charge in [-0.15, -0.1) is 11.8 Å². The molecule has 0 saturated heterocycles. The van der Waals surface area contributed by atoms with E-state index in [1.54, 1.807) is 0 Å². The maximum atomic E-state index is 4.27. The summed E-state index contributed by atoms with van der Waals surface area (Å²) >= 11 is 0. The van der Waals surface area contributed by atoms with Gasteiger partial charge in [-0.2, -0.15) is 0 Å². The third kappa shape index (κ3) is 5.01. The van der Waals surface area contributed by atoms with Crippen molar-refractivity contribution in [3.8, 4) is 11.8 Å². The highest BCUT2D eigenvalue weighted by atomic mass is 14.9. The Morgan fingerprint density at radius 3 is 2.88 bits per heavy atom. The van der Waals surface area contributed by atoms with Gasteiger partial charge in [-0.05, 0) is 44.4 Å². The molecule has 17 heavy (non-hydrogen) atoms. The van der Waals surface area contributed by atoms with Crippen LogP contribution in [0.2, 0.25) is 0 Å². The molecule has 0 amide bonds. The second-order valence-electron chi connectivity index (χ2n) is 4.27. The van der Waals surface area contributed by atoms with Crippen LogP contribution in [0, 0.1) is 18.8 Å². The molecule has 1 heterocycles. The quantitative estimate of drug-likeness (QED) is 0.759. The zero-order chi connectivity index (χ0) is 12.5. The molecule has 1 aromatic rings. The van der Waals surface area contributed by atoms with Crippen molar-refractivity contribution in [2.75, 3.05) is 6.54 Å². The predicted octanol–water partition coefficient (Wildman–Crippen LogP) is 3.23. The summed E-state index contributed by atoms with van der Waals surface area (Å²) in [5.41, 5.74) is 2.49. The lowest BCUT2D eigenvalue weighted by molar-refractivity contribution is 0.504. The Morgan fingerprint density at radius 2 is 2.24 bits per heavy atom. The molecule has 0 fully saturated rings. The van der Waals surface area contributed by atoms with Crippen LogP contribution in [0.4, 0.5) is 0 Å². The van der Waals surface area contributed by atoms with Crippen LogP contribution < -0.4 is 5.32 Å².